The molecule has 0 amide bonds. The first kappa shape index (κ1) is 9.87. The first-order valence-corrected chi connectivity index (χ1v) is 4.74. The third-order valence-corrected chi connectivity index (χ3v) is 2.81. The Labute approximate surface area is 85.3 Å². The van der Waals surface area contributed by atoms with Gasteiger partial charge in [-0.15, -0.1) is 0 Å². The fourth-order valence-electron chi connectivity index (χ4n) is 1.38. The zero-order valence-electron chi connectivity index (χ0n) is 7.36. The van der Waals surface area contributed by atoms with Crippen molar-refractivity contribution in [2.75, 3.05) is 0 Å². The lowest BCUT2D eigenvalue weighted by atomic mass is 10.1. The fraction of sp³-hybridized carbons (Fsp3) is 0.400. The molecule has 76 valence electrons. The van der Waals surface area contributed by atoms with Gasteiger partial charge in [-0.1, -0.05) is 17.7 Å². The number of aliphatic hydroxyl groups is 1. The highest BCUT2D eigenvalue weighted by molar-refractivity contribution is 6.30. The molecule has 0 atom stereocenters. The number of benzene rings is 1. The average Bonchev–Trinajstić information content (AvgIpc) is 2.86. The van der Waals surface area contributed by atoms with E-state index in [1.54, 1.807) is 0 Å². The van der Waals surface area contributed by atoms with Gasteiger partial charge in [0.1, 0.15) is 16.7 Å². The molecule has 2 rings (SSSR count). The van der Waals surface area contributed by atoms with E-state index < -0.39 is 22.3 Å². The van der Waals surface area contributed by atoms with Crippen LogP contribution >= 0.6 is 11.6 Å². The summed E-state index contributed by atoms with van der Waals surface area (Å²) in [6, 6.07) is 2.44. The molecule has 1 saturated carbocycles. The second-order valence-electron chi connectivity index (χ2n) is 3.74. The van der Waals surface area contributed by atoms with Gasteiger partial charge in [0.2, 0.25) is 0 Å². The van der Waals surface area contributed by atoms with Crippen LogP contribution in [0.1, 0.15) is 18.4 Å². The maximum Gasteiger partial charge on any atom is 0.148 e. The van der Waals surface area contributed by atoms with Crippen LogP contribution in [0.15, 0.2) is 12.1 Å². The first-order valence-electron chi connectivity index (χ1n) is 4.37. The molecule has 1 aromatic carbocycles. The summed E-state index contributed by atoms with van der Waals surface area (Å²) in [5.41, 5.74) is -0.515. The van der Waals surface area contributed by atoms with Gasteiger partial charge in [0.25, 0.3) is 0 Å². The Morgan fingerprint density at radius 1 is 1.36 bits per heavy atom. The first-order chi connectivity index (χ1) is 6.52. The van der Waals surface area contributed by atoms with Gasteiger partial charge < -0.3 is 5.11 Å². The minimum Gasteiger partial charge on any atom is -0.390 e. The van der Waals surface area contributed by atoms with Crippen LogP contribution in [0.2, 0.25) is 5.02 Å². The summed E-state index contributed by atoms with van der Waals surface area (Å²) in [6.07, 6.45) is 1.54. The summed E-state index contributed by atoms with van der Waals surface area (Å²) in [5, 5.41) is 9.07. The van der Waals surface area contributed by atoms with E-state index in [1.165, 1.54) is 6.07 Å². The Morgan fingerprint density at radius 3 is 2.57 bits per heavy atom. The van der Waals surface area contributed by atoms with Crippen LogP contribution in [-0.2, 0) is 6.42 Å². The van der Waals surface area contributed by atoms with Crippen LogP contribution in [0, 0.1) is 11.6 Å². The maximum absolute atomic E-state index is 13.3. The molecule has 0 heterocycles. The van der Waals surface area contributed by atoms with Crippen molar-refractivity contribution in [3.05, 3.63) is 34.4 Å². The second-order valence-corrected chi connectivity index (χ2v) is 4.11. The topological polar surface area (TPSA) is 20.2 Å². The minimum absolute atomic E-state index is 0.207. The molecule has 0 bridgehead atoms. The quantitative estimate of drug-likeness (QED) is 0.757. The lowest BCUT2D eigenvalue weighted by molar-refractivity contribution is 0.149. The highest BCUT2D eigenvalue weighted by atomic mass is 35.5. The van der Waals surface area contributed by atoms with Crippen molar-refractivity contribution in [1.82, 2.24) is 0 Å². The molecule has 0 aromatic heterocycles. The van der Waals surface area contributed by atoms with E-state index in [-0.39, 0.29) is 12.0 Å². The molecule has 0 spiro atoms. The molecule has 0 unspecified atom stereocenters. The third-order valence-electron chi connectivity index (χ3n) is 2.46. The summed E-state index contributed by atoms with van der Waals surface area (Å²) in [4.78, 5) is 0. The minimum atomic E-state index is -0.790. The normalized spacial score (nSPS) is 18.3. The van der Waals surface area contributed by atoms with Gasteiger partial charge in [-0.2, -0.15) is 0 Å². The number of hydrogen-bond donors (Lipinski definition) is 1. The average molecular weight is 219 g/mol. The molecule has 1 nitrogen and oxygen atoms in total. The van der Waals surface area contributed by atoms with E-state index in [1.807, 2.05) is 0 Å². The molecule has 1 aliphatic rings. The monoisotopic (exact) mass is 218 g/mol. The Morgan fingerprint density at radius 2 is 2.00 bits per heavy atom. The summed E-state index contributed by atoms with van der Waals surface area (Å²) in [7, 11) is 0. The summed E-state index contributed by atoms with van der Waals surface area (Å²) >= 11 is 5.40. The Bertz CT molecular complexity index is 375. The smallest absolute Gasteiger partial charge is 0.148 e. The molecular weight excluding hydrogens is 210 g/mol. The predicted octanol–water partition coefficient (Wildman–Crippen LogP) is 2.69. The lowest BCUT2D eigenvalue weighted by Crippen LogP contribution is -2.12. The second kappa shape index (κ2) is 3.17. The highest BCUT2D eigenvalue weighted by Gasteiger charge is 2.40. The van der Waals surface area contributed by atoms with Gasteiger partial charge >= 0.3 is 0 Å². The van der Waals surface area contributed by atoms with E-state index in [0.717, 1.165) is 6.07 Å². The Balaban J connectivity index is 2.30. The van der Waals surface area contributed by atoms with Gasteiger partial charge in [-0.25, -0.2) is 8.78 Å². The summed E-state index contributed by atoms with van der Waals surface area (Å²) in [5.74, 6) is -1.53. The summed E-state index contributed by atoms with van der Waals surface area (Å²) in [6.45, 7) is 0. The zero-order chi connectivity index (χ0) is 10.3. The highest BCUT2D eigenvalue weighted by Crippen LogP contribution is 2.39. The molecule has 0 radical (unpaired) electrons. The molecular formula is C10H9ClF2O. The van der Waals surface area contributed by atoms with E-state index in [9.17, 15) is 13.9 Å². The van der Waals surface area contributed by atoms with Crippen molar-refractivity contribution >= 4 is 11.6 Å². The van der Waals surface area contributed by atoms with Crippen LogP contribution in [0.4, 0.5) is 8.78 Å². The largest absolute Gasteiger partial charge is 0.390 e. The fourth-order valence-corrected chi connectivity index (χ4v) is 1.56. The molecule has 0 saturated heterocycles. The maximum atomic E-state index is 13.3. The van der Waals surface area contributed by atoms with Crippen molar-refractivity contribution in [2.45, 2.75) is 24.9 Å². The molecule has 1 aromatic rings. The summed E-state index contributed by atoms with van der Waals surface area (Å²) < 4.78 is 26.1. The van der Waals surface area contributed by atoms with Gasteiger partial charge in [0, 0.05) is 6.42 Å². The van der Waals surface area contributed by atoms with Crippen LogP contribution in [-0.4, -0.2) is 10.7 Å². The lowest BCUT2D eigenvalue weighted by Gasteiger charge is -2.09. The van der Waals surface area contributed by atoms with E-state index in [4.69, 9.17) is 11.6 Å². The van der Waals surface area contributed by atoms with Gasteiger partial charge in [-0.3, -0.25) is 0 Å². The molecule has 4 heteroatoms. The van der Waals surface area contributed by atoms with Gasteiger partial charge in [0.15, 0.2) is 0 Å². The van der Waals surface area contributed by atoms with Crippen molar-refractivity contribution in [1.29, 1.82) is 0 Å². The Hall–Kier alpha value is -0.670. The van der Waals surface area contributed by atoms with E-state index >= 15 is 0 Å². The molecule has 14 heavy (non-hydrogen) atoms. The SMILES string of the molecule is OC1(Cc2ccc(F)c(Cl)c2F)CC1. The van der Waals surface area contributed by atoms with Gasteiger partial charge in [0.05, 0.1) is 5.60 Å². The van der Waals surface area contributed by atoms with Crippen LogP contribution in [0.25, 0.3) is 0 Å². The molecule has 1 N–H and O–H groups in total. The van der Waals surface area contributed by atoms with Crippen molar-refractivity contribution in [3.8, 4) is 0 Å². The molecule has 1 fully saturated rings. The van der Waals surface area contributed by atoms with Gasteiger partial charge in [-0.05, 0) is 24.5 Å². The van der Waals surface area contributed by atoms with E-state index in [0.29, 0.717) is 12.8 Å². The molecule has 0 aliphatic heterocycles. The van der Waals surface area contributed by atoms with Crippen molar-refractivity contribution in [2.24, 2.45) is 0 Å². The zero-order valence-corrected chi connectivity index (χ0v) is 8.11. The molecule has 1 aliphatic carbocycles. The predicted molar refractivity (Wildman–Crippen MR) is 49.3 cm³/mol. The standard InChI is InChI=1S/C10H9ClF2O/c11-8-7(12)2-1-6(9(8)13)5-10(14)3-4-10/h1-2,14H,3-5H2. The number of hydrogen-bond acceptors (Lipinski definition) is 1. The van der Waals surface area contributed by atoms with Crippen molar-refractivity contribution < 1.29 is 13.9 Å². The van der Waals surface area contributed by atoms with Crippen molar-refractivity contribution in [3.63, 3.8) is 0 Å². The number of halogens is 3. The third kappa shape index (κ3) is 1.74. The van der Waals surface area contributed by atoms with Crippen LogP contribution in [0.3, 0.4) is 0 Å². The van der Waals surface area contributed by atoms with Crippen LogP contribution < -0.4 is 0 Å². The number of rotatable bonds is 2. The van der Waals surface area contributed by atoms with E-state index in [2.05, 4.69) is 0 Å². The Kier molecular flexibility index (Phi) is 2.24. The van der Waals surface area contributed by atoms with Crippen LogP contribution in [0.5, 0.6) is 0 Å².